The van der Waals surface area contributed by atoms with E-state index < -0.39 is 0 Å². The van der Waals surface area contributed by atoms with Gasteiger partial charge in [-0.05, 0) is 30.5 Å². The number of halogens is 1. The van der Waals surface area contributed by atoms with Crippen molar-refractivity contribution in [3.8, 4) is 0 Å². The number of thiazole rings is 1. The third-order valence-electron chi connectivity index (χ3n) is 2.83. The molecule has 1 heterocycles. The van der Waals surface area contributed by atoms with Gasteiger partial charge in [0, 0.05) is 11.6 Å². The Morgan fingerprint density at radius 2 is 2.17 bits per heavy atom. The van der Waals surface area contributed by atoms with E-state index in [-0.39, 0.29) is 0 Å². The number of fused-ring (bicyclic) bond motifs is 1. The van der Waals surface area contributed by atoms with E-state index in [0.717, 1.165) is 32.8 Å². The highest BCUT2D eigenvalue weighted by Crippen LogP contribution is 2.28. The molecule has 0 amide bonds. The summed E-state index contributed by atoms with van der Waals surface area (Å²) in [7, 11) is 0. The zero-order valence-electron chi connectivity index (χ0n) is 10.9. The average Bonchev–Trinajstić information content (AvgIpc) is 2.70. The minimum Gasteiger partial charge on any atom is -0.361 e. The van der Waals surface area contributed by atoms with Crippen molar-refractivity contribution >= 4 is 38.3 Å². The van der Waals surface area contributed by atoms with Gasteiger partial charge in [0.1, 0.15) is 0 Å². The first kappa shape index (κ1) is 13.6. The normalized spacial score (nSPS) is 11.3. The van der Waals surface area contributed by atoms with E-state index in [1.54, 1.807) is 11.3 Å². The largest absolute Gasteiger partial charge is 0.361 e. The molecular formula is C14H19ClN2S. The summed E-state index contributed by atoms with van der Waals surface area (Å²) in [6.07, 6.45) is 3.79. The second-order valence-electron chi connectivity index (χ2n) is 4.95. The molecule has 0 aliphatic heterocycles. The van der Waals surface area contributed by atoms with Crippen LogP contribution >= 0.6 is 22.9 Å². The van der Waals surface area contributed by atoms with Crippen molar-refractivity contribution in [2.75, 3.05) is 11.9 Å². The van der Waals surface area contributed by atoms with Crippen molar-refractivity contribution in [2.45, 2.75) is 33.1 Å². The monoisotopic (exact) mass is 282 g/mol. The highest BCUT2D eigenvalue weighted by Gasteiger charge is 2.03. The van der Waals surface area contributed by atoms with Gasteiger partial charge in [0.15, 0.2) is 5.13 Å². The molecule has 0 unspecified atom stereocenters. The average molecular weight is 283 g/mol. The molecule has 0 atom stereocenters. The summed E-state index contributed by atoms with van der Waals surface area (Å²) < 4.78 is 1.15. The van der Waals surface area contributed by atoms with Gasteiger partial charge >= 0.3 is 0 Å². The molecule has 0 aliphatic carbocycles. The lowest BCUT2D eigenvalue weighted by Crippen LogP contribution is -2.01. The number of unbranched alkanes of at least 4 members (excludes halogenated alkanes) is 1. The Morgan fingerprint density at radius 1 is 1.33 bits per heavy atom. The van der Waals surface area contributed by atoms with Crippen LogP contribution in [0.4, 0.5) is 5.13 Å². The molecule has 18 heavy (non-hydrogen) atoms. The minimum atomic E-state index is 0.773. The van der Waals surface area contributed by atoms with Gasteiger partial charge in [0.25, 0.3) is 0 Å². The van der Waals surface area contributed by atoms with Crippen LogP contribution in [0.5, 0.6) is 0 Å². The first-order chi connectivity index (χ1) is 8.65. The molecule has 1 N–H and O–H groups in total. The van der Waals surface area contributed by atoms with Gasteiger partial charge in [-0.15, -0.1) is 0 Å². The van der Waals surface area contributed by atoms with Gasteiger partial charge in [-0.3, -0.25) is 0 Å². The summed E-state index contributed by atoms with van der Waals surface area (Å²) in [6.45, 7) is 5.54. The Kier molecular flexibility index (Phi) is 4.84. The van der Waals surface area contributed by atoms with Crippen LogP contribution in [0, 0.1) is 5.92 Å². The minimum absolute atomic E-state index is 0.773. The van der Waals surface area contributed by atoms with Crippen LogP contribution in [-0.4, -0.2) is 11.5 Å². The summed E-state index contributed by atoms with van der Waals surface area (Å²) in [6, 6.07) is 5.83. The lowest BCUT2D eigenvalue weighted by atomic mass is 10.1. The first-order valence-electron chi connectivity index (χ1n) is 6.45. The van der Waals surface area contributed by atoms with E-state index >= 15 is 0 Å². The van der Waals surface area contributed by atoms with E-state index in [0.29, 0.717) is 0 Å². The number of hydrogen-bond donors (Lipinski definition) is 1. The summed E-state index contributed by atoms with van der Waals surface area (Å²) in [4.78, 5) is 4.54. The maximum absolute atomic E-state index is 5.96. The van der Waals surface area contributed by atoms with Crippen LogP contribution in [0.15, 0.2) is 18.2 Å². The third-order valence-corrected chi connectivity index (χ3v) is 4.05. The number of hydrogen-bond acceptors (Lipinski definition) is 3. The van der Waals surface area contributed by atoms with Gasteiger partial charge in [0.2, 0.25) is 0 Å². The number of anilines is 1. The molecule has 0 saturated carbocycles. The Morgan fingerprint density at radius 3 is 2.94 bits per heavy atom. The Labute approximate surface area is 117 Å². The molecule has 4 heteroatoms. The van der Waals surface area contributed by atoms with Gasteiger partial charge in [0.05, 0.1) is 10.2 Å². The predicted octanol–water partition coefficient (Wildman–Crippen LogP) is 5.19. The molecule has 1 aromatic heterocycles. The van der Waals surface area contributed by atoms with Crippen molar-refractivity contribution in [1.29, 1.82) is 0 Å². The van der Waals surface area contributed by atoms with E-state index in [1.807, 2.05) is 18.2 Å². The van der Waals surface area contributed by atoms with E-state index in [4.69, 9.17) is 11.6 Å². The van der Waals surface area contributed by atoms with Gasteiger partial charge in [-0.1, -0.05) is 49.6 Å². The van der Waals surface area contributed by atoms with Crippen molar-refractivity contribution in [1.82, 2.24) is 4.98 Å². The maximum Gasteiger partial charge on any atom is 0.183 e. The molecular weight excluding hydrogens is 264 g/mol. The molecule has 2 nitrogen and oxygen atoms in total. The van der Waals surface area contributed by atoms with Crippen molar-refractivity contribution in [3.05, 3.63) is 23.2 Å². The molecule has 0 fully saturated rings. The van der Waals surface area contributed by atoms with Crippen LogP contribution in [0.2, 0.25) is 5.02 Å². The quantitative estimate of drug-likeness (QED) is 0.738. The molecule has 0 aliphatic rings. The number of nitrogens with zero attached hydrogens (tertiary/aromatic N) is 1. The summed E-state index contributed by atoms with van der Waals surface area (Å²) in [5.41, 5.74) is 1.02. The fourth-order valence-corrected chi connectivity index (χ4v) is 3.01. The fraction of sp³-hybridized carbons (Fsp3) is 0.500. The third kappa shape index (κ3) is 3.85. The second-order valence-corrected chi connectivity index (χ2v) is 6.41. The highest BCUT2D eigenvalue weighted by molar-refractivity contribution is 7.22. The molecule has 0 spiro atoms. The smallest absolute Gasteiger partial charge is 0.183 e. The van der Waals surface area contributed by atoms with E-state index in [1.165, 1.54) is 19.3 Å². The van der Waals surface area contributed by atoms with Crippen molar-refractivity contribution in [3.63, 3.8) is 0 Å². The van der Waals surface area contributed by atoms with E-state index in [9.17, 15) is 0 Å². The standard InChI is InChI=1S/C14H19ClN2S/c1-10(2)5-3-4-8-16-14-17-12-7-6-11(15)9-13(12)18-14/h6-7,9-10H,3-5,8H2,1-2H3,(H,16,17). The zero-order valence-corrected chi connectivity index (χ0v) is 12.4. The predicted molar refractivity (Wildman–Crippen MR) is 81.8 cm³/mol. The van der Waals surface area contributed by atoms with Crippen molar-refractivity contribution < 1.29 is 0 Å². The second kappa shape index (κ2) is 6.39. The molecule has 1 aromatic carbocycles. The summed E-state index contributed by atoms with van der Waals surface area (Å²) >= 11 is 7.63. The summed E-state index contributed by atoms with van der Waals surface area (Å²) in [5, 5.41) is 5.16. The Balaban J connectivity index is 1.84. The maximum atomic E-state index is 5.96. The molecule has 2 aromatic rings. The van der Waals surface area contributed by atoms with Crippen LogP contribution in [0.1, 0.15) is 33.1 Å². The topological polar surface area (TPSA) is 24.9 Å². The fourth-order valence-electron chi connectivity index (χ4n) is 1.85. The number of rotatable bonds is 6. The van der Waals surface area contributed by atoms with Gasteiger partial charge in [-0.2, -0.15) is 0 Å². The summed E-state index contributed by atoms with van der Waals surface area (Å²) in [5.74, 6) is 0.801. The lowest BCUT2D eigenvalue weighted by Gasteiger charge is -2.04. The molecule has 2 rings (SSSR count). The number of nitrogens with one attached hydrogen (secondary N) is 1. The Hall–Kier alpha value is -0.800. The Bertz CT molecular complexity index is 507. The van der Waals surface area contributed by atoms with E-state index in [2.05, 4.69) is 24.1 Å². The molecule has 0 bridgehead atoms. The SMILES string of the molecule is CC(C)CCCCNc1nc2ccc(Cl)cc2s1. The molecule has 98 valence electrons. The number of benzene rings is 1. The lowest BCUT2D eigenvalue weighted by molar-refractivity contribution is 0.545. The molecule has 0 radical (unpaired) electrons. The van der Waals surface area contributed by atoms with Crippen molar-refractivity contribution in [2.24, 2.45) is 5.92 Å². The molecule has 0 saturated heterocycles. The van der Waals surface area contributed by atoms with Crippen LogP contribution in [0.25, 0.3) is 10.2 Å². The van der Waals surface area contributed by atoms with Crippen LogP contribution in [0.3, 0.4) is 0 Å². The van der Waals surface area contributed by atoms with Crippen LogP contribution in [-0.2, 0) is 0 Å². The number of aromatic nitrogens is 1. The first-order valence-corrected chi connectivity index (χ1v) is 7.64. The van der Waals surface area contributed by atoms with Crippen LogP contribution < -0.4 is 5.32 Å². The highest BCUT2D eigenvalue weighted by atomic mass is 35.5. The van der Waals surface area contributed by atoms with Gasteiger partial charge < -0.3 is 5.32 Å². The van der Waals surface area contributed by atoms with Gasteiger partial charge in [-0.25, -0.2) is 4.98 Å². The zero-order chi connectivity index (χ0) is 13.0.